The molecule has 0 radical (unpaired) electrons. The first-order valence-electron chi connectivity index (χ1n) is 7.27. The Morgan fingerprint density at radius 1 is 0.905 bits per heavy atom. The van der Waals surface area contributed by atoms with Crippen molar-refractivity contribution < 1.29 is 10.2 Å². The zero-order chi connectivity index (χ0) is 15.2. The first kappa shape index (κ1) is 15.2. The lowest BCUT2D eigenvalue weighted by Gasteiger charge is -2.09. The van der Waals surface area contributed by atoms with E-state index >= 15 is 0 Å². The standard InChI is InChI=1S/C19H22O2/c1-14(2)8-11-17-18(20)12-16(13-19(17)21)10-9-15-6-4-3-5-7-15/h3-8,12-13,20-21H,9-11H2,1-2H3. The summed E-state index contributed by atoms with van der Waals surface area (Å²) >= 11 is 0. The molecular weight excluding hydrogens is 260 g/mol. The Bertz CT molecular complexity index is 600. The van der Waals surface area contributed by atoms with Gasteiger partial charge in [-0.1, -0.05) is 42.0 Å². The fourth-order valence-electron chi connectivity index (χ4n) is 2.29. The number of benzene rings is 2. The molecule has 2 nitrogen and oxygen atoms in total. The molecule has 21 heavy (non-hydrogen) atoms. The van der Waals surface area contributed by atoms with E-state index in [1.165, 1.54) is 11.1 Å². The average molecular weight is 282 g/mol. The van der Waals surface area contributed by atoms with Crippen LogP contribution in [0.5, 0.6) is 11.5 Å². The molecule has 2 aromatic carbocycles. The predicted octanol–water partition coefficient (Wildman–Crippen LogP) is 4.39. The van der Waals surface area contributed by atoms with E-state index in [-0.39, 0.29) is 11.5 Å². The van der Waals surface area contributed by atoms with Crippen LogP contribution in [0.2, 0.25) is 0 Å². The van der Waals surface area contributed by atoms with E-state index in [1.54, 1.807) is 12.1 Å². The Labute approximate surface area is 126 Å². The first-order valence-corrected chi connectivity index (χ1v) is 7.27. The minimum absolute atomic E-state index is 0.176. The number of phenolic OH excluding ortho intramolecular Hbond substituents is 2. The highest BCUT2D eigenvalue weighted by Gasteiger charge is 2.09. The molecule has 2 rings (SSSR count). The number of phenols is 2. The van der Waals surface area contributed by atoms with Gasteiger partial charge in [-0.25, -0.2) is 0 Å². The van der Waals surface area contributed by atoms with E-state index in [1.807, 2.05) is 38.1 Å². The van der Waals surface area contributed by atoms with Crippen molar-refractivity contribution in [3.8, 4) is 11.5 Å². The monoisotopic (exact) mass is 282 g/mol. The topological polar surface area (TPSA) is 40.5 Å². The van der Waals surface area contributed by atoms with Crippen LogP contribution < -0.4 is 0 Å². The van der Waals surface area contributed by atoms with Crippen LogP contribution in [0.25, 0.3) is 0 Å². The van der Waals surface area contributed by atoms with Gasteiger partial charge in [0.25, 0.3) is 0 Å². The van der Waals surface area contributed by atoms with Gasteiger partial charge in [0.2, 0.25) is 0 Å². The Kier molecular flexibility index (Phi) is 5.04. The summed E-state index contributed by atoms with van der Waals surface area (Å²) in [5.41, 5.74) is 3.97. The maximum atomic E-state index is 10.1. The molecule has 2 aromatic rings. The van der Waals surface area contributed by atoms with Crippen LogP contribution in [0, 0.1) is 0 Å². The third kappa shape index (κ3) is 4.38. The lowest BCUT2D eigenvalue weighted by atomic mass is 10.00. The molecule has 0 aliphatic rings. The van der Waals surface area contributed by atoms with Gasteiger partial charge < -0.3 is 10.2 Å². The molecule has 2 heteroatoms. The highest BCUT2D eigenvalue weighted by atomic mass is 16.3. The van der Waals surface area contributed by atoms with Crippen LogP contribution in [0.1, 0.15) is 30.5 Å². The van der Waals surface area contributed by atoms with Gasteiger partial charge in [-0.2, -0.15) is 0 Å². The first-order chi connectivity index (χ1) is 10.1. The van der Waals surface area contributed by atoms with E-state index in [9.17, 15) is 10.2 Å². The van der Waals surface area contributed by atoms with Crippen LogP contribution >= 0.6 is 0 Å². The second-order valence-corrected chi connectivity index (χ2v) is 5.58. The second-order valence-electron chi connectivity index (χ2n) is 5.58. The Hall–Kier alpha value is -2.22. The molecule has 110 valence electrons. The van der Waals surface area contributed by atoms with Crippen molar-refractivity contribution in [2.24, 2.45) is 0 Å². The molecule has 0 fully saturated rings. The fourth-order valence-corrected chi connectivity index (χ4v) is 2.29. The van der Waals surface area contributed by atoms with Gasteiger partial charge in [0, 0.05) is 5.56 Å². The normalized spacial score (nSPS) is 10.4. The minimum Gasteiger partial charge on any atom is -0.508 e. The van der Waals surface area contributed by atoms with Crippen LogP contribution in [-0.4, -0.2) is 10.2 Å². The number of aromatic hydroxyl groups is 2. The average Bonchev–Trinajstić information content (AvgIpc) is 2.45. The van der Waals surface area contributed by atoms with Gasteiger partial charge in [-0.3, -0.25) is 0 Å². The molecule has 0 unspecified atom stereocenters. The quantitative estimate of drug-likeness (QED) is 0.798. The number of hydrogen-bond acceptors (Lipinski definition) is 2. The van der Waals surface area contributed by atoms with Crippen LogP contribution in [-0.2, 0) is 19.3 Å². The lowest BCUT2D eigenvalue weighted by Crippen LogP contribution is -1.93. The van der Waals surface area contributed by atoms with Crippen molar-refractivity contribution in [3.05, 3.63) is 70.8 Å². The number of aryl methyl sites for hydroxylation is 2. The molecule has 0 bridgehead atoms. The molecule has 0 heterocycles. The van der Waals surface area contributed by atoms with E-state index in [2.05, 4.69) is 12.1 Å². The second kappa shape index (κ2) is 6.98. The van der Waals surface area contributed by atoms with Crippen LogP contribution in [0.15, 0.2) is 54.1 Å². The minimum atomic E-state index is 0.176. The zero-order valence-corrected chi connectivity index (χ0v) is 12.6. The third-order valence-corrected chi connectivity index (χ3v) is 3.52. The van der Waals surface area contributed by atoms with Gasteiger partial charge in [0.15, 0.2) is 0 Å². The fraction of sp³-hybridized carbons (Fsp3) is 0.263. The molecule has 0 amide bonds. The van der Waals surface area contributed by atoms with Crippen LogP contribution in [0.3, 0.4) is 0 Å². The predicted molar refractivity (Wildman–Crippen MR) is 86.8 cm³/mol. The molecule has 0 spiro atoms. The summed E-state index contributed by atoms with van der Waals surface area (Å²) in [7, 11) is 0. The maximum Gasteiger partial charge on any atom is 0.123 e. The van der Waals surface area contributed by atoms with E-state index < -0.39 is 0 Å². The molecule has 0 aliphatic heterocycles. The van der Waals surface area contributed by atoms with Crippen molar-refractivity contribution in [1.29, 1.82) is 0 Å². The van der Waals surface area contributed by atoms with E-state index in [4.69, 9.17) is 0 Å². The SMILES string of the molecule is CC(C)=CCc1c(O)cc(CCc2ccccc2)cc1O. The molecule has 0 saturated carbocycles. The summed E-state index contributed by atoms with van der Waals surface area (Å²) in [5, 5.41) is 20.2. The van der Waals surface area contributed by atoms with E-state index in [0.717, 1.165) is 18.4 Å². The molecule has 0 saturated heterocycles. The summed E-state index contributed by atoms with van der Waals surface area (Å²) in [5.74, 6) is 0.353. The number of hydrogen-bond donors (Lipinski definition) is 2. The largest absolute Gasteiger partial charge is 0.508 e. The molecule has 0 aromatic heterocycles. The van der Waals surface area contributed by atoms with Crippen LogP contribution in [0.4, 0.5) is 0 Å². The Morgan fingerprint density at radius 2 is 1.48 bits per heavy atom. The Morgan fingerprint density at radius 3 is 2.05 bits per heavy atom. The maximum absolute atomic E-state index is 10.1. The van der Waals surface area contributed by atoms with Gasteiger partial charge in [-0.15, -0.1) is 0 Å². The highest BCUT2D eigenvalue weighted by Crippen LogP contribution is 2.30. The summed E-state index contributed by atoms with van der Waals surface area (Å²) in [6.07, 6.45) is 4.25. The molecule has 2 N–H and O–H groups in total. The lowest BCUT2D eigenvalue weighted by molar-refractivity contribution is 0.439. The third-order valence-electron chi connectivity index (χ3n) is 3.52. The summed E-state index contributed by atoms with van der Waals surface area (Å²) < 4.78 is 0. The number of rotatable bonds is 5. The molecule has 0 atom stereocenters. The van der Waals surface area contributed by atoms with Gasteiger partial charge in [0.1, 0.15) is 11.5 Å². The number of allylic oxidation sites excluding steroid dienone is 2. The molecule has 0 aliphatic carbocycles. The Balaban J connectivity index is 2.10. The van der Waals surface area contributed by atoms with Crippen molar-refractivity contribution >= 4 is 0 Å². The van der Waals surface area contributed by atoms with Crippen molar-refractivity contribution in [3.63, 3.8) is 0 Å². The van der Waals surface area contributed by atoms with Crippen molar-refractivity contribution in [2.75, 3.05) is 0 Å². The zero-order valence-electron chi connectivity index (χ0n) is 12.6. The smallest absolute Gasteiger partial charge is 0.123 e. The van der Waals surface area contributed by atoms with Crippen molar-refractivity contribution in [1.82, 2.24) is 0 Å². The summed E-state index contributed by atoms with van der Waals surface area (Å²) in [6, 6.07) is 13.7. The highest BCUT2D eigenvalue weighted by molar-refractivity contribution is 5.47. The summed E-state index contributed by atoms with van der Waals surface area (Å²) in [4.78, 5) is 0. The van der Waals surface area contributed by atoms with E-state index in [0.29, 0.717) is 12.0 Å². The van der Waals surface area contributed by atoms with Crippen molar-refractivity contribution in [2.45, 2.75) is 33.1 Å². The summed E-state index contributed by atoms with van der Waals surface area (Å²) in [6.45, 7) is 4.00. The molecular formula is C19H22O2. The van der Waals surface area contributed by atoms with Gasteiger partial charge in [-0.05, 0) is 56.4 Å². The van der Waals surface area contributed by atoms with Gasteiger partial charge >= 0.3 is 0 Å². The van der Waals surface area contributed by atoms with Gasteiger partial charge in [0.05, 0.1) is 0 Å².